The van der Waals surface area contributed by atoms with Crippen LogP contribution in [0.1, 0.15) is 5.56 Å². The molecule has 4 aromatic rings. The molecular formula is C20H18ClN9O. The second-order valence-electron chi connectivity index (χ2n) is 6.43. The lowest BCUT2D eigenvalue weighted by molar-refractivity contribution is -0.111. The molecule has 4 N–H and O–H groups in total. The maximum absolute atomic E-state index is 11.4. The molecule has 1 amide bonds. The highest BCUT2D eigenvalue weighted by atomic mass is 35.5. The predicted octanol–water partition coefficient (Wildman–Crippen LogP) is 3.71. The first-order valence-corrected chi connectivity index (χ1v) is 9.57. The van der Waals surface area contributed by atoms with E-state index in [1.807, 2.05) is 30.5 Å². The molecule has 156 valence electrons. The molecule has 0 radical (unpaired) electrons. The van der Waals surface area contributed by atoms with Crippen LogP contribution in [0.4, 0.5) is 29.0 Å². The number of amides is 1. The van der Waals surface area contributed by atoms with Crippen molar-refractivity contribution in [3.63, 3.8) is 0 Å². The number of carbonyl (C=O) groups excluding carboxylic acids is 1. The van der Waals surface area contributed by atoms with Crippen molar-refractivity contribution in [2.45, 2.75) is 6.54 Å². The summed E-state index contributed by atoms with van der Waals surface area (Å²) >= 11 is 6.16. The number of aromatic nitrogens is 6. The Hall–Kier alpha value is -4.18. The number of rotatable bonds is 8. The Morgan fingerprint density at radius 1 is 1.16 bits per heavy atom. The Bertz CT molecular complexity index is 1190. The third-order valence-corrected chi connectivity index (χ3v) is 4.42. The van der Waals surface area contributed by atoms with E-state index < -0.39 is 0 Å². The van der Waals surface area contributed by atoms with Crippen LogP contribution in [0.5, 0.6) is 0 Å². The number of benzene rings is 1. The normalized spacial score (nSPS) is 10.5. The average Bonchev–Trinajstić information content (AvgIpc) is 3.44. The monoisotopic (exact) mass is 435 g/mol. The Kier molecular flexibility index (Phi) is 5.90. The highest BCUT2D eigenvalue weighted by Crippen LogP contribution is 2.24. The van der Waals surface area contributed by atoms with Gasteiger partial charge in [0.25, 0.3) is 0 Å². The van der Waals surface area contributed by atoms with Crippen molar-refractivity contribution in [2.24, 2.45) is 0 Å². The summed E-state index contributed by atoms with van der Waals surface area (Å²) in [7, 11) is 0. The van der Waals surface area contributed by atoms with Crippen molar-refractivity contribution >= 4 is 46.5 Å². The molecule has 0 atom stereocenters. The van der Waals surface area contributed by atoms with Gasteiger partial charge in [0.05, 0.1) is 30.8 Å². The Labute approximate surface area is 182 Å². The van der Waals surface area contributed by atoms with Gasteiger partial charge in [0.15, 0.2) is 5.82 Å². The Morgan fingerprint density at radius 2 is 2.00 bits per heavy atom. The predicted molar refractivity (Wildman–Crippen MR) is 119 cm³/mol. The van der Waals surface area contributed by atoms with Gasteiger partial charge in [-0.2, -0.15) is 15.2 Å². The van der Waals surface area contributed by atoms with Crippen molar-refractivity contribution in [1.82, 2.24) is 29.9 Å². The number of anilines is 5. The molecule has 3 heterocycles. The van der Waals surface area contributed by atoms with Gasteiger partial charge in [0.1, 0.15) is 10.8 Å². The first kappa shape index (κ1) is 20.1. The summed E-state index contributed by atoms with van der Waals surface area (Å²) in [5.74, 6) is 1.23. The Balaban J connectivity index is 1.40. The summed E-state index contributed by atoms with van der Waals surface area (Å²) in [4.78, 5) is 19.9. The third kappa shape index (κ3) is 5.25. The number of aromatic amines is 1. The minimum Gasteiger partial charge on any atom is -0.324 e. The fraction of sp³-hybridized carbons (Fsp3) is 0.0500. The standard InChI is InChI=1S/C20H18ClN9O/c1-2-18(31)25-14-5-3-13(4-6-14)11-30-12-15(9-24-30)26-20-22-10-16(21)19(28-20)27-17-7-8-23-29-17/h2-10,12H,1,11H2,(H,25,31)(H3,22,23,26,27,28,29). The fourth-order valence-electron chi connectivity index (χ4n) is 2.69. The molecule has 0 saturated carbocycles. The molecule has 10 nitrogen and oxygen atoms in total. The minimum absolute atomic E-state index is 0.247. The van der Waals surface area contributed by atoms with Gasteiger partial charge in [-0.1, -0.05) is 30.3 Å². The maximum atomic E-state index is 11.4. The van der Waals surface area contributed by atoms with E-state index >= 15 is 0 Å². The second kappa shape index (κ2) is 9.09. The number of halogens is 1. The molecule has 0 aliphatic heterocycles. The molecule has 11 heteroatoms. The van der Waals surface area contributed by atoms with E-state index in [4.69, 9.17) is 11.6 Å². The molecule has 0 saturated heterocycles. The molecular weight excluding hydrogens is 418 g/mol. The van der Waals surface area contributed by atoms with E-state index in [0.717, 1.165) is 11.3 Å². The fourth-order valence-corrected chi connectivity index (χ4v) is 2.82. The van der Waals surface area contributed by atoms with E-state index in [-0.39, 0.29) is 5.91 Å². The zero-order chi connectivity index (χ0) is 21.6. The summed E-state index contributed by atoms with van der Waals surface area (Å²) < 4.78 is 1.78. The first-order valence-electron chi connectivity index (χ1n) is 9.20. The number of nitrogens with zero attached hydrogens (tertiary/aromatic N) is 5. The molecule has 0 spiro atoms. The van der Waals surface area contributed by atoms with E-state index in [9.17, 15) is 4.79 Å². The lowest BCUT2D eigenvalue weighted by Gasteiger charge is -2.07. The van der Waals surface area contributed by atoms with Gasteiger partial charge in [-0.05, 0) is 23.8 Å². The van der Waals surface area contributed by atoms with Crippen molar-refractivity contribution in [2.75, 3.05) is 16.0 Å². The maximum Gasteiger partial charge on any atom is 0.247 e. The van der Waals surface area contributed by atoms with Crippen LogP contribution in [0.25, 0.3) is 0 Å². The smallest absolute Gasteiger partial charge is 0.247 e. The summed E-state index contributed by atoms with van der Waals surface area (Å²) in [6.07, 6.45) is 7.88. The number of carbonyl (C=O) groups is 1. The van der Waals surface area contributed by atoms with Crippen molar-refractivity contribution in [1.29, 1.82) is 0 Å². The summed E-state index contributed by atoms with van der Waals surface area (Å²) in [6.45, 7) is 4.00. The lowest BCUT2D eigenvalue weighted by Crippen LogP contribution is -2.07. The molecule has 0 unspecified atom stereocenters. The van der Waals surface area contributed by atoms with E-state index in [2.05, 4.69) is 47.8 Å². The minimum atomic E-state index is -0.247. The van der Waals surface area contributed by atoms with Gasteiger partial charge in [0, 0.05) is 18.0 Å². The zero-order valence-corrected chi connectivity index (χ0v) is 17.0. The van der Waals surface area contributed by atoms with Crippen molar-refractivity contribution in [3.8, 4) is 0 Å². The lowest BCUT2D eigenvalue weighted by atomic mass is 10.2. The molecule has 3 aromatic heterocycles. The molecule has 1 aromatic carbocycles. The molecule has 0 aliphatic rings. The number of hydrogen-bond acceptors (Lipinski definition) is 7. The van der Waals surface area contributed by atoms with Crippen LogP contribution in [-0.4, -0.2) is 35.9 Å². The second-order valence-corrected chi connectivity index (χ2v) is 6.83. The van der Waals surface area contributed by atoms with Gasteiger partial charge in [-0.25, -0.2) is 4.98 Å². The number of hydrogen-bond donors (Lipinski definition) is 4. The van der Waals surface area contributed by atoms with Gasteiger partial charge in [-0.15, -0.1) is 0 Å². The first-order chi connectivity index (χ1) is 15.1. The zero-order valence-electron chi connectivity index (χ0n) is 16.2. The molecule has 0 aliphatic carbocycles. The summed E-state index contributed by atoms with van der Waals surface area (Å²) in [6, 6.07) is 9.26. The van der Waals surface area contributed by atoms with Crippen LogP contribution in [0.3, 0.4) is 0 Å². The van der Waals surface area contributed by atoms with Crippen LogP contribution in [0.15, 0.2) is 67.8 Å². The molecule has 31 heavy (non-hydrogen) atoms. The van der Waals surface area contributed by atoms with Crippen LogP contribution in [-0.2, 0) is 11.3 Å². The highest BCUT2D eigenvalue weighted by molar-refractivity contribution is 6.32. The molecule has 4 rings (SSSR count). The van der Waals surface area contributed by atoms with Gasteiger partial charge in [0.2, 0.25) is 11.9 Å². The average molecular weight is 436 g/mol. The largest absolute Gasteiger partial charge is 0.324 e. The van der Waals surface area contributed by atoms with Crippen molar-refractivity contribution < 1.29 is 4.79 Å². The van der Waals surface area contributed by atoms with Crippen LogP contribution >= 0.6 is 11.6 Å². The summed E-state index contributed by atoms with van der Waals surface area (Å²) in [5.41, 5.74) is 2.46. The van der Waals surface area contributed by atoms with Crippen LogP contribution in [0, 0.1) is 0 Å². The highest BCUT2D eigenvalue weighted by Gasteiger charge is 2.08. The van der Waals surface area contributed by atoms with Crippen molar-refractivity contribution in [3.05, 3.63) is 78.4 Å². The number of nitrogens with one attached hydrogen (secondary N) is 4. The van der Waals surface area contributed by atoms with Gasteiger partial charge in [-0.3, -0.25) is 14.6 Å². The van der Waals surface area contributed by atoms with E-state index in [1.165, 1.54) is 12.3 Å². The number of H-pyrrole nitrogens is 1. The van der Waals surface area contributed by atoms with E-state index in [1.54, 1.807) is 23.1 Å². The summed E-state index contributed by atoms with van der Waals surface area (Å²) in [5, 5.41) is 20.3. The van der Waals surface area contributed by atoms with Gasteiger partial charge >= 0.3 is 0 Å². The topological polar surface area (TPSA) is 125 Å². The third-order valence-electron chi connectivity index (χ3n) is 4.14. The Morgan fingerprint density at radius 3 is 2.74 bits per heavy atom. The van der Waals surface area contributed by atoms with Crippen LogP contribution < -0.4 is 16.0 Å². The quantitative estimate of drug-likeness (QED) is 0.311. The van der Waals surface area contributed by atoms with Crippen LogP contribution in [0.2, 0.25) is 5.02 Å². The SMILES string of the molecule is C=CC(=O)Nc1ccc(Cn2cc(Nc3ncc(Cl)c(Nc4ccn[nH]4)n3)cn2)cc1. The molecule has 0 fully saturated rings. The molecule has 0 bridgehead atoms. The van der Waals surface area contributed by atoms with E-state index in [0.29, 0.717) is 34.8 Å². The van der Waals surface area contributed by atoms with Gasteiger partial charge < -0.3 is 16.0 Å².